The number of nitrogens with zero attached hydrogens (tertiary/aromatic N) is 1. The highest BCUT2D eigenvalue weighted by Crippen LogP contribution is 2.14. The van der Waals surface area contributed by atoms with Crippen LogP contribution in [0.3, 0.4) is 0 Å². The van der Waals surface area contributed by atoms with E-state index in [2.05, 4.69) is 12.2 Å². The van der Waals surface area contributed by atoms with Crippen LogP contribution in [0.4, 0.5) is 0 Å². The van der Waals surface area contributed by atoms with Gasteiger partial charge in [0.2, 0.25) is 11.8 Å². The number of nitrogens with one attached hydrogen (secondary N) is 1. The third-order valence-electron chi connectivity index (χ3n) is 3.49. The molecule has 0 aliphatic carbocycles. The number of hydrogen-bond donors (Lipinski definition) is 1. The highest BCUT2D eigenvalue weighted by molar-refractivity contribution is 5.96. The Morgan fingerprint density at radius 2 is 1.89 bits per heavy atom. The molecular formula is C14H26N2O3. The molecule has 0 aromatic rings. The predicted molar refractivity (Wildman–Crippen MR) is 73.7 cm³/mol. The Labute approximate surface area is 115 Å². The van der Waals surface area contributed by atoms with E-state index in [1.54, 1.807) is 4.90 Å². The summed E-state index contributed by atoms with van der Waals surface area (Å²) < 4.78 is 5.50. The highest BCUT2D eigenvalue weighted by Gasteiger charge is 2.38. The number of hydrogen-bond acceptors (Lipinski definition) is 3. The average Bonchev–Trinajstić information content (AvgIpc) is 2.41. The van der Waals surface area contributed by atoms with Gasteiger partial charge >= 0.3 is 0 Å². The Bertz CT molecular complexity index is 307. The SMILES string of the molecule is CCCCOCCN1C(=O)C(CC)NC(=O)C1CC. The minimum absolute atomic E-state index is 0.0213. The molecule has 2 amide bonds. The van der Waals surface area contributed by atoms with Crippen LogP contribution in [-0.4, -0.2) is 48.6 Å². The number of unbranched alkanes of at least 4 members (excludes halogenated alkanes) is 1. The lowest BCUT2D eigenvalue weighted by Crippen LogP contribution is -2.63. The van der Waals surface area contributed by atoms with Crippen LogP contribution in [-0.2, 0) is 14.3 Å². The Kier molecular flexibility index (Phi) is 6.84. The van der Waals surface area contributed by atoms with E-state index in [0.717, 1.165) is 19.4 Å². The molecule has 2 atom stereocenters. The summed E-state index contributed by atoms with van der Waals surface area (Å²) in [6.45, 7) is 7.68. The van der Waals surface area contributed by atoms with Crippen LogP contribution in [0.15, 0.2) is 0 Å². The Balaban J connectivity index is 2.53. The van der Waals surface area contributed by atoms with Crippen molar-refractivity contribution in [2.45, 2.75) is 58.5 Å². The standard InChI is InChI=1S/C14H26N2O3/c1-4-7-9-19-10-8-16-12(6-3)13(17)15-11(5-2)14(16)18/h11-12H,4-10H2,1-3H3,(H,15,17). The maximum Gasteiger partial charge on any atom is 0.245 e. The van der Waals surface area contributed by atoms with Gasteiger partial charge in [0.25, 0.3) is 0 Å². The molecular weight excluding hydrogens is 244 g/mol. The van der Waals surface area contributed by atoms with Crippen molar-refractivity contribution in [1.29, 1.82) is 0 Å². The first-order valence-corrected chi connectivity index (χ1v) is 7.34. The summed E-state index contributed by atoms with van der Waals surface area (Å²) in [5, 5.41) is 2.79. The fourth-order valence-corrected chi connectivity index (χ4v) is 2.28. The summed E-state index contributed by atoms with van der Waals surface area (Å²) in [6, 6.07) is -0.712. The van der Waals surface area contributed by atoms with E-state index < -0.39 is 0 Å². The van der Waals surface area contributed by atoms with Crippen molar-refractivity contribution in [2.24, 2.45) is 0 Å². The van der Waals surface area contributed by atoms with Gasteiger partial charge in [0.15, 0.2) is 0 Å². The molecule has 110 valence electrons. The van der Waals surface area contributed by atoms with Crippen LogP contribution in [0, 0.1) is 0 Å². The molecule has 0 aromatic carbocycles. The second kappa shape index (κ2) is 8.15. The Hall–Kier alpha value is -1.10. The number of carbonyl (C=O) groups excluding carboxylic acids is 2. The topological polar surface area (TPSA) is 58.6 Å². The normalized spacial score (nSPS) is 23.6. The van der Waals surface area contributed by atoms with Crippen LogP contribution < -0.4 is 5.32 Å². The quantitative estimate of drug-likeness (QED) is 0.677. The number of ether oxygens (including phenoxy) is 1. The molecule has 1 heterocycles. The summed E-state index contributed by atoms with van der Waals surface area (Å²) in [5.41, 5.74) is 0. The maximum absolute atomic E-state index is 12.2. The van der Waals surface area contributed by atoms with Crippen molar-refractivity contribution < 1.29 is 14.3 Å². The molecule has 19 heavy (non-hydrogen) atoms. The molecule has 0 saturated carbocycles. The van der Waals surface area contributed by atoms with Gasteiger partial charge in [-0.1, -0.05) is 27.2 Å². The molecule has 5 nitrogen and oxygen atoms in total. The van der Waals surface area contributed by atoms with Gasteiger partial charge in [-0.05, 0) is 19.3 Å². The van der Waals surface area contributed by atoms with Gasteiger partial charge in [-0.3, -0.25) is 9.59 Å². The maximum atomic E-state index is 12.2. The Morgan fingerprint density at radius 3 is 2.47 bits per heavy atom. The van der Waals surface area contributed by atoms with Gasteiger partial charge in [0.1, 0.15) is 12.1 Å². The molecule has 0 spiro atoms. The second-order valence-electron chi connectivity index (χ2n) is 4.89. The molecule has 1 aliphatic rings. The van der Waals surface area contributed by atoms with E-state index in [1.807, 2.05) is 13.8 Å². The molecule has 0 bridgehead atoms. The van der Waals surface area contributed by atoms with Crippen LogP contribution in [0.1, 0.15) is 46.5 Å². The third-order valence-corrected chi connectivity index (χ3v) is 3.49. The lowest BCUT2D eigenvalue weighted by atomic mass is 10.0. The zero-order chi connectivity index (χ0) is 14.3. The van der Waals surface area contributed by atoms with Crippen molar-refractivity contribution in [3.8, 4) is 0 Å². The van der Waals surface area contributed by atoms with Crippen LogP contribution >= 0.6 is 0 Å². The molecule has 0 aromatic heterocycles. The van der Waals surface area contributed by atoms with Crippen LogP contribution in [0.5, 0.6) is 0 Å². The van der Waals surface area contributed by atoms with Crippen LogP contribution in [0.25, 0.3) is 0 Å². The monoisotopic (exact) mass is 270 g/mol. The van der Waals surface area contributed by atoms with Crippen molar-refractivity contribution in [1.82, 2.24) is 10.2 Å². The first kappa shape index (κ1) is 16.0. The highest BCUT2D eigenvalue weighted by atomic mass is 16.5. The first-order chi connectivity index (χ1) is 9.15. The average molecular weight is 270 g/mol. The second-order valence-corrected chi connectivity index (χ2v) is 4.89. The number of rotatable bonds is 8. The number of piperazine rings is 1. The largest absolute Gasteiger partial charge is 0.380 e. The van der Waals surface area contributed by atoms with Crippen molar-refractivity contribution in [3.63, 3.8) is 0 Å². The lowest BCUT2D eigenvalue weighted by molar-refractivity contribution is -0.150. The lowest BCUT2D eigenvalue weighted by Gasteiger charge is -2.38. The van der Waals surface area contributed by atoms with E-state index in [9.17, 15) is 9.59 Å². The first-order valence-electron chi connectivity index (χ1n) is 7.34. The van der Waals surface area contributed by atoms with E-state index in [0.29, 0.717) is 26.0 Å². The van der Waals surface area contributed by atoms with Gasteiger partial charge in [0, 0.05) is 13.2 Å². The fourth-order valence-electron chi connectivity index (χ4n) is 2.28. The molecule has 5 heteroatoms. The summed E-state index contributed by atoms with van der Waals surface area (Å²) >= 11 is 0. The van der Waals surface area contributed by atoms with Gasteiger partial charge in [-0.15, -0.1) is 0 Å². The van der Waals surface area contributed by atoms with E-state index in [-0.39, 0.29) is 23.9 Å². The molecule has 2 unspecified atom stereocenters. The molecule has 1 saturated heterocycles. The molecule has 1 aliphatic heterocycles. The smallest absolute Gasteiger partial charge is 0.245 e. The summed E-state index contributed by atoms with van der Waals surface area (Å²) in [7, 11) is 0. The molecule has 1 rings (SSSR count). The van der Waals surface area contributed by atoms with Crippen molar-refractivity contribution in [2.75, 3.05) is 19.8 Å². The minimum Gasteiger partial charge on any atom is -0.380 e. The summed E-state index contributed by atoms with van der Waals surface area (Å²) in [6.07, 6.45) is 3.40. The van der Waals surface area contributed by atoms with Crippen molar-refractivity contribution in [3.05, 3.63) is 0 Å². The van der Waals surface area contributed by atoms with Gasteiger partial charge in [-0.25, -0.2) is 0 Å². The predicted octanol–water partition coefficient (Wildman–Crippen LogP) is 1.32. The van der Waals surface area contributed by atoms with Gasteiger partial charge in [0.05, 0.1) is 6.61 Å². The fraction of sp³-hybridized carbons (Fsp3) is 0.857. The van der Waals surface area contributed by atoms with E-state index in [1.165, 1.54) is 0 Å². The summed E-state index contributed by atoms with van der Waals surface area (Å²) in [5.74, 6) is -0.0180. The molecule has 0 radical (unpaired) electrons. The zero-order valence-electron chi connectivity index (χ0n) is 12.3. The van der Waals surface area contributed by atoms with Gasteiger partial charge in [-0.2, -0.15) is 0 Å². The third kappa shape index (κ3) is 4.20. The van der Waals surface area contributed by atoms with Crippen molar-refractivity contribution >= 4 is 11.8 Å². The van der Waals surface area contributed by atoms with E-state index >= 15 is 0 Å². The zero-order valence-corrected chi connectivity index (χ0v) is 12.3. The molecule has 1 N–H and O–H groups in total. The molecule has 1 fully saturated rings. The Morgan fingerprint density at radius 1 is 1.16 bits per heavy atom. The summed E-state index contributed by atoms with van der Waals surface area (Å²) in [4.78, 5) is 25.9. The van der Waals surface area contributed by atoms with Crippen LogP contribution in [0.2, 0.25) is 0 Å². The number of amides is 2. The minimum atomic E-state index is -0.369. The number of carbonyl (C=O) groups is 2. The van der Waals surface area contributed by atoms with Gasteiger partial charge < -0.3 is 15.0 Å². The van der Waals surface area contributed by atoms with E-state index in [4.69, 9.17) is 4.74 Å².